The van der Waals surface area contributed by atoms with Gasteiger partial charge in [0.25, 0.3) is 0 Å². The van der Waals surface area contributed by atoms with Crippen LogP contribution in [0.2, 0.25) is 0 Å². The van der Waals surface area contributed by atoms with E-state index in [0.717, 1.165) is 11.8 Å². The van der Waals surface area contributed by atoms with E-state index < -0.39 is 0 Å². The summed E-state index contributed by atoms with van der Waals surface area (Å²) < 4.78 is 0. The van der Waals surface area contributed by atoms with E-state index in [1.807, 2.05) is 0 Å². The van der Waals surface area contributed by atoms with E-state index in [4.69, 9.17) is 0 Å². The van der Waals surface area contributed by atoms with Crippen LogP contribution in [0.25, 0.3) is 0 Å². The quantitative estimate of drug-likeness (QED) is 0.508. The van der Waals surface area contributed by atoms with Crippen molar-refractivity contribution in [3.8, 4) is 0 Å². The summed E-state index contributed by atoms with van der Waals surface area (Å²) >= 11 is 0. The van der Waals surface area contributed by atoms with E-state index in [-0.39, 0.29) is 0 Å². The van der Waals surface area contributed by atoms with Gasteiger partial charge in [-0.2, -0.15) is 13.3 Å². The van der Waals surface area contributed by atoms with E-state index >= 15 is 0 Å². The van der Waals surface area contributed by atoms with Crippen LogP contribution in [0.4, 0.5) is 0 Å². The first-order valence-electron chi connectivity index (χ1n) is 3.96. The zero-order valence-electron chi connectivity index (χ0n) is 7.15. The summed E-state index contributed by atoms with van der Waals surface area (Å²) in [6, 6.07) is 0. The second-order valence-corrected chi connectivity index (χ2v) is 3.21. The van der Waals surface area contributed by atoms with Crippen molar-refractivity contribution in [3.63, 3.8) is 0 Å². The molecular formula is C9H19-. The Morgan fingerprint density at radius 2 is 1.78 bits per heavy atom. The highest BCUT2D eigenvalue weighted by molar-refractivity contribution is 4.62. The van der Waals surface area contributed by atoms with Gasteiger partial charge in [-0.25, -0.2) is 0 Å². The molecule has 56 valence electrons. The Kier molecular flexibility index (Phi) is 4.84. The lowest BCUT2D eigenvalue weighted by Gasteiger charge is -2.16. The summed E-state index contributed by atoms with van der Waals surface area (Å²) in [7, 11) is 0. The van der Waals surface area contributed by atoms with Crippen molar-refractivity contribution < 1.29 is 0 Å². The monoisotopic (exact) mass is 127 g/mol. The molecule has 1 unspecified atom stereocenters. The van der Waals surface area contributed by atoms with Crippen LogP contribution in [0.15, 0.2) is 0 Å². The van der Waals surface area contributed by atoms with Gasteiger partial charge in [-0.1, -0.05) is 27.2 Å². The van der Waals surface area contributed by atoms with Crippen molar-refractivity contribution in [2.24, 2.45) is 11.8 Å². The topological polar surface area (TPSA) is 0 Å². The SMILES string of the molecule is C[CH-]CCC(C)C(C)C. The molecule has 1 atom stereocenters. The van der Waals surface area contributed by atoms with Crippen LogP contribution < -0.4 is 0 Å². The summed E-state index contributed by atoms with van der Waals surface area (Å²) in [4.78, 5) is 0. The van der Waals surface area contributed by atoms with E-state index in [1.165, 1.54) is 12.8 Å². The predicted molar refractivity (Wildman–Crippen MR) is 43.2 cm³/mol. The molecule has 0 radical (unpaired) electrons. The van der Waals surface area contributed by atoms with Crippen LogP contribution >= 0.6 is 0 Å². The first-order chi connectivity index (χ1) is 4.18. The third kappa shape index (κ3) is 4.50. The lowest BCUT2D eigenvalue weighted by Crippen LogP contribution is -2.02. The van der Waals surface area contributed by atoms with E-state index in [0.29, 0.717) is 0 Å². The van der Waals surface area contributed by atoms with Crippen molar-refractivity contribution in [1.29, 1.82) is 0 Å². The Morgan fingerprint density at radius 1 is 1.22 bits per heavy atom. The first kappa shape index (κ1) is 9.00. The third-order valence-electron chi connectivity index (χ3n) is 2.05. The zero-order chi connectivity index (χ0) is 7.28. The fraction of sp³-hybridized carbons (Fsp3) is 0.889. The van der Waals surface area contributed by atoms with Crippen molar-refractivity contribution in [1.82, 2.24) is 0 Å². The molecule has 0 aliphatic heterocycles. The predicted octanol–water partition coefficient (Wildman–Crippen LogP) is 3.28. The average molecular weight is 127 g/mol. The Balaban J connectivity index is 3.16. The Hall–Kier alpha value is 0. The zero-order valence-corrected chi connectivity index (χ0v) is 7.15. The molecule has 0 saturated carbocycles. The van der Waals surface area contributed by atoms with E-state index in [9.17, 15) is 0 Å². The maximum absolute atomic E-state index is 2.33. The van der Waals surface area contributed by atoms with Crippen molar-refractivity contribution in [3.05, 3.63) is 6.42 Å². The molecule has 0 amide bonds. The van der Waals surface area contributed by atoms with E-state index in [1.54, 1.807) is 0 Å². The molecule has 0 N–H and O–H groups in total. The molecule has 0 rings (SSSR count). The maximum Gasteiger partial charge on any atom is -0.0444 e. The molecule has 0 saturated heterocycles. The minimum absolute atomic E-state index is 0.852. The Labute approximate surface area is 59.7 Å². The summed E-state index contributed by atoms with van der Waals surface area (Å²) in [5.74, 6) is 1.74. The van der Waals surface area contributed by atoms with Gasteiger partial charge in [0.2, 0.25) is 0 Å². The van der Waals surface area contributed by atoms with Gasteiger partial charge in [0.15, 0.2) is 0 Å². The fourth-order valence-corrected chi connectivity index (χ4v) is 0.763. The minimum atomic E-state index is 0.852. The molecule has 0 heterocycles. The summed E-state index contributed by atoms with van der Waals surface area (Å²) in [5.41, 5.74) is 0. The van der Waals surface area contributed by atoms with Gasteiger partial charge in [0.1, 0.15) is 0 Å². The second kappa shape index (κ2) is 4.84. The van der Waals surface area contributed by atoms with Gasteiger partial charge < -0.3 is 6.42 Å². The third-order valence-corrected chi connectivity index (χ3v) is 2.05. The summed E-state index contributed by atoms with van der Waals surface area (Å²) in [5, 5.41) is 0. The second-order valence-electron chi connectivity index (χ2n) is 3.21. The van der Waals surface area contributed by atoms with Gasteiger partial charge in [0, 0.05) is 0 Å². The maximum atomic E-state index is 2.33. The van der Waals surface area contributed by atoms with Gasteiger partial charge in [-0.15, -0.1) is 0 Å². The molecule has 0 fully saturated rings. The highest BCUT2D eigenvalue weighted by atomic mass is 14.1. The molecule has 0 aromatic carbocycles. The molecule has 9 heavy (non-hydrogen) atoms. The number of unbranched alkanes of at least 4 members (excludes halogenated alkanes) is 1. The Bertz CT molecular complexity index is 55.1. The van der Waals surface area contributed by atoms with E-state index in [2.05, 4.69) is 34.1 Å². The van der Waals surface area contributed by atoms with Crippen LogP contribution in [-0.4, -0.2) is 0 Å². The first-order valence-corrected chi connectivity index (χ1v) is 3.96. The lowest BCUT2D eigenvalue weighted by atomic mass is 9.93. The van der Waals surface area contributed by atoms with Crippen molar-refractivity contribution >= 4 is 0 Å². The van der Waals surface area contributed by atoms with Gasteiger partial charge in [0.05, 0.1) is 0 Å². The molecule has 0 aliphatic carbocycles. The standard InChI is InChI=1S/C9H19/c1-5-6-7-9(4)8(2)3/h5,8-9H,6-7H2,1-4H3/q-1. The smallest absolute Gasteiger partial charge is 0.0444 e. The lowest BCUT2D eigenvalue weighted by molar-refractivity contribution is 0.391. The van der Waals surface area contributed by atoms with Gasteiger partial charge in [-0.3, -0.25) is 0 Å². The summed E-state index contributed by atoms with van der Waals surface area (Å²) in [6.07, 6.45) is 4.88. The van der Waals surface area contributed by atoms with Gasteiger partial charge >= 0.3 is 0 Å². The fourth-order valence-electron chi connectivity index (χ4n) is 0.763. The Morgan fingerprint density at radius 3 is 2.11 bits per heavy atom. The molecule has 0 bridgehead atoms. The number of rotatable bonds is 4. The number of hydrogen-bond acceptors (Lipinski definition) is 0. The van der Waals surface area contributed by atoms with Crippen LogP contribution in [0.1, 0.15) is 40.5 Å². The van der Waals surface area contributed by atoms with Crippen LogP contribution in [-0.2, 0) is 0 Å². The molecule has 0 aliphatic rings. The van der Waals surface area contributed by atoms with Crippen molar-refractivity contribution in [2.45, 2.75) is 40.5 Å². The van der Waals surface area contributed by atoms with Crippen molar-refractivity contribution in [2.75, 3.05) is 0 Å². The minimum Gasteiger partial charge on any atom is -0.331 e. The van der Waals surface area contributed by atoms with Crippen LogP contribution in [0.3, 0.4) is 0 Å². The molecule has 0 heteroatoms. The highest BCUT2D eigenvalue weighted by Crippen LogP contribution is 2.15. The molecule has 0 aromatic rings. The van der Waals surface area contributed by atoms with Crippen LogP contribution in [0.5, 0.6) is 0 Å². The van der Waals surface area contributed by atoms with Crippen LogP contribution in [0, 0.1) is 18.3 Å². The number of hydrogen-bond donors (Lipinski definition) is 0. The molecule has 0 spiro atoms. The average Bonchev–Trinajstić information content (AvgIpc) is 1.82. The highest BCUT2D eigenvalue weighted by Gasteiger charge is 2.02. The normalized spacial score (nSPS) is 14.3. The van der Waals surface area contributed by atoms with Gasteiger partial charge in [-0.05, 0) is 11.8 Å². The molecule has 0 nitrogen and oxygen atoms in total. The molecular weight excluding hydrogens is 108 g/mol. The summed E-state index contributed by atoms with van der Waals surface area (Å²) in [6.45, 7) is 9.04. The molecule has 0 aromatic heterocycles. The largest absolute Gasteiger partial charge is 0.331 e.